The predicted molar refractivity (Wildman–Crippen MR) is 112 cm³/mol. The molecular weight excluding hydrogens is 477 g/mol. The van der Waals surface area contributed by atoms with Gasteiger partial charge in [-0.2, -0.15) is 17.5 Å². The lowest BCUT2D eigenvalue weighted by atomic mass is 10.2. The van der Waals surface area contributed by atoms with E-state index in [9.17, 15) is 34.8 Å². The fraction of sp³-hybridized carbons (Fsp3) is 0.500. The van der Waals surface area contributed by atoms with Gasteiger partial charge in [-0.3, -0.25) is 4.79 Å². The molecule has 0 aromatic heterocycles. The van der Waals surface area contributed by atoms with Crippen molar-refractivity contribution in [3.63, 3.8) is 0 Å². The highest BCUT2D eigenvalue weighted by Gasteiger charge is 2.41. The van der Waals surface area contributed by atoms with Crippen LogP contribution < -0.4 is 0 Å². The molecule has 31 heavy (non-hydrogen) atoms. The molecule has 2 aliphatic heterocycles. The Balaban J connectivity index is 1.53. The summed E-state index contributed by atoms with van der Waals surface area (Å²) in [5, 5.41) is -0.932. The molecule has 2 fully saturated rings. The van der Waals surface area contributed by atoms with Gasteiger partial charge in [-0.05, 0) is 42.0 Å². The summed E-state index contributed by atoms with van der Waals surface area (Å²) in [6.45, 7) is 0.510. The summed E-state index contributed by atoms with van der Waals surface area (Å²) < 4.78 is 86.8. The van der Waals surface area contributed by atoms with Gasteiger partial charge in [0, 0.05) is 37.2 Å². The van der Waals surface area contributed by atoms with Gasteiger partial charge in [-0.1, -0.05) is 12.1 Å². The van der Waals surface area contributed by atoms with Crippen molar-refractivity contribution >= 4 is 43.6 Å². The molecule has 1 aromatic rings. The Kier molecular flexibility index (Phi) is 7.08. The number of rotatable bonds is 5. The van der Waals surface area contributed by atoms with Crippen LogP contribution in [0.3, 0.4) is 0 Å². The Hall–Kier alpha value is -1.57. The normalized spacial score (nSPS) is 22.8. The molecule has 3 rings (SSSR count). The van der Waals surface area contributed by atoms with E-state index in [1.807, 2.05) is 0 Å². The second kappa shape index (κ2) is 9.12. The first-order valence-electron chi connectivity index (χ1n) is 9.38. The molecule has 172 valence electrons. The summed E-state index contributed by atoms with van der Waals surface area (Å²) in [5.74, 6) is -0.831. The molecule has 0 bridgehead atoms. The number of amides is 1. The van der Waals surface area contributed by atoms with Gasteiger partial charge in [-0.25, -0.2) is 16.8 Å². The number of sulfonamides is 1. The standard InChI is InChI=1S/C18H21F3N2O5S3/c19-18(20,21)29-15-4-1-14(2-5-15)3-6-17(24)22-8-10-23(11-9-22)31(27,28)16-7-12-30(25,26)13-16/h1-6,16H,7-13H2/b6-3+. The first-order chi connectivity index (χ1) is 14.4. The van der Waals surface area contributed by atoms with Crippen LogP contribution in [0.25, 0.3) is 6.08 Å². The van der Waals surface area contributed by atoms with E-state index in [1.165, 1.54) is 45.6 Å². The molecule has 7 nitrogen and oxygen atoms in total. The largest absolute Gasteiger partial charge is 0.446 e. The second-order valence-electron chi connectivity index (χ2n) is 7.24. The number of carbonyl (C=O) groups excluding carboxylic acids is 1. The van der Waals surface area contributed by atoms with Crippen LogP contribution >= 0.6 is 11.8 Å². The third kappa shape index (κ3) is 6.46. The molecule has 0 N–H and O–H groups in total. The highest BCUT2D eigenvalue weighted by molar-refractivity contribution is 8.00. The Morgan fingerprint density at radius 2 is 1.71 bits per heavy atom. The van der Waals surface area contributed by atoms with Gasteiger partial charge in [-0.15, -0.1) is 0 Å². The molecule has 1 aromatic carbocycles. The number of benzene rings is 1. The van der Waals surface area contributed by atoms with E-state index in [2.05, 4.69) is 0 Å². The summed E-state index contributed by atoms with van der Waals surface area (Å²) in [6.07, 6.45) is 2.86. The van der Waals surface area contributed by atoms with E-state index in [1.54, 1.807) is 0 Å². The van der Waals surface area contributed by atoms with Crippen LogP contribution in [0.1, 0.15) is 12.0 Å². The van der Waals surface area contributed by atoms with Crippen molar-refractivity contribution in [3.8, 4) is 0 Å². The third-order valence-corrected chi connectivity index (χ3v) is 10.1. The van der Waals surface area contributed by atoms with Crippen LogP contribution in [0.2, 0.25) is 0 Å². The molecule has 1 atom stereocenters. The molecule has 2 aliphatic rings. The molecule has 2 saturated heterocycles. The number of piperazine rings is 1. The fourth-order valence-corrected chi connectivity index (χ4v) is 8.47. The van der Waals surface area contributed by atoms with E-state index in [0.29, 0.717) is 5.56 Å². The smallest absolute Gasteiger partial charge is 0.337 e. The molecular formula is C18H21F3N2O5S3. The van der Waals surface area contributed by atoms with Crippen molar-refractivity contribution in [3.05, 3.63) is 35.9 Å². The molecule has 0 saturated carbocycles. The average molecular weight is 499 g/mol. The molecule has 2 heterocycles. The number of hydrogen-bond donors (Lipinski definition) is 0. The van der Waals surface area contributed by atoms with Crippen molar-refractivity contribution in [2.24, 2.45) is 0 Å². The van der Waals surface area contributed by atoms with Gasteiger partial charge in [0.25, 0.3) is 0 Å². The third-order valence-electron chi connectivity index (χ3n) is 5.05. The SMILES string of the molecule is O=C(/C=C/c1ccc(SC(F)(F)F)cc1)N1CCN(S(=O)(=O)C2CCS(=O)(=O)C2)CC1. The first kappa shape index (κ1) is 24.1. The summed E-state index contributed by atoms with van der Waals surface area (Å²) in [6, 6.07) is 5.57. The predicted octanol–water partition coefficient (Wildman–Crippen LogP) is 1.97. The number of thioether (sulfide) groups is 1. The number of sulfone groups is 1. The Bertz CT molecular complexity index is 1050. The number of nitrogens with zero attached hydrogens (tertiary/aromatic N) is 2. The van der Waals surface area contributed by atoms with Crippen LogP contribution in [-0.4, -0.2) is 80.4 Å². The minimum absolute atomic E-state index is 0.0448. The van der Waals surface area contributed by atoms with Gasteiger partial charge < -0.3 is 4.90 Å². The number of hydrogen-bond acceptors (Lipinski definition) is 6. The van der Waals surface area contributed by atoms with E-state index in [4.69, 9.17) is 0 Å². The Labute approximate surface area is 183 Å². The van der Waals surface area contributed by atoms with E-state index in [-0.39, 0.29) is 66.7 Å². The van der Waals surface area contributed by atoms with Crippen molar-refractivity contribution in [2.45, 2.75) is 22.1 Å². The molecule has 13 heteroatoms. The van der Waals surface area contributed by atoms with Crippen molar-refractivity contribution in [1.29, 1.82) is 0 Å². The molecule has 0 aliphatic carbocycles. The topological polar surface area (TPSA) is 91.8 Å². The first-order valence-corrected chi connectivity index (χ1v) is 13.5. The van der Waals surface area contributed by atoms with Crippen molar-refractivity contribution in [2.75, 3.05) is 37.7 Å². The van der Waals surface area contributed by atoms with E-state index >= 15 is 0 Å². The quantitative estimate of drug-likeness (QED) is 0.455. The maximum atomic E-state index is 12.6. The minimum Gasteiger partial charge on any atom is -0.337 e. The Morgan fingerprint density at radius 1 is 1.10 bits per heavy atom. The highest BCUT2D eigenvalue weighted by Crippen LogP contribution is 2.36. The molecule has 0 radical (unpaired) electrons. The second-order valence-corrected chi connectivity index (χ2v) is 12.8. The lowest BCUT2D eigenvalue weighted by Gasteiger charge is -2.34. The summed E-state index contributed by atoms with van der Waals surface area (Å²) in [5.41, 5.74) is -3.81. The fourth-order valence-electron chi connectivity index (χ4n) is 3.42. The Morgan fingerprint density at radius 3 is 2.23 bits per heavy atom. The average Bonchev–Trinajstić information content (AvgIpc) is 3.07. The molecule has 0 spiro atoms. The zero-order chi connectivity index (χ0) is 22.9. The van der Waals surface area contributed by atoms with Crippen LogP contribution in [0.5, 0.6) is 0 Å². The van der Waals surface area contributed by atoms with Gasteiger partial charge >= 0.3 is 5.51 Å². The van der Waals surface area contributed by atoms with Gasteiger partial charge in [0.1, 0.15) is 0 Å². The summed E-state index contributed by atoms with van der Waals surface area (Å²) in [4.78, 5) is 13.9. The van der Waals surface area contributed by atoms with Crippen LogP contribution in [0, 0.1) is 0 Å². The van der Waals surface area contributed by atoms with E-state index < -0.39 is 30.6 Å². The lowest BCUT2D eigenvalue weighted by Crippen LogP contribution is -2.52. The van der Waals surface area contributed by atoms with Crippen molar-refractivity contribution in [1.82, 2.24) is 9.21 Å². The van der Waals surface area contributed by atoms with E-state index in [0.717, 1.165) is 0 Å². The maximum absolute atomic E-state index is 12.6. The lowest BCUT2D eigenvalue weighted by molar-refractivity contribution is -0.127. The number of carbonyl (C=O) groups is 1. The minimum atomic E-state index is -4.37. The van der Waals surface area contributed by atoms with Crippen LogP contribution in [-0.2, 0) is 24.7 Å². The zero-order valence-corrected chi connectivity index (χ0v) is 18.7. The van der Waals surface area contributed by atoms with Gasteiger partial charge in [0.15, 0.2) is 9.84 Å². The monoisotopic (exact) mass is 498 g/mol. The molecule has 1 amide bonds. The number of halogens is 3. The van der Waals surface area contributed by atoms with Crippen LogP contribution in [0.4, 0.5) is 13.2 Å². The zero-order valence-electron chi connectivity index (χ0n) is 16.3. The van der Waals surface area contributed by atoms with Crippen LogP contribution in [0.15, 0.2) is 35.2 Å². The molecule has 1 unspecified atom stereocenters. The van der Waals surface area contributed by atoms with Gasteiger partial charge in [0.05, 0.1) is 16.8 Å². The van der Waals surface area contributed by atoms with Crippen molar-refractivity contribution < 1.29 is 34.8 Å². The maximum Gasteiger partial charge on any atom is 0.446 e. The highest BCUT2D eigenvalue weighted by atomic mass is 32.2. The van der Waals surface area contributed by atoms with Gasteiger partial charge in [0.2, 0.25) is 15.9 Å². The summed E-state index contributed by atoms with van der Waals surface area (Å²) >= 11 is -0.219. The summed E-state index contributed by atoms with van der Waals surface area (Å²) in [7, 11) is -7.06. The number of alkyl halides is 3.